The first-order chi connectivity index (χ1) is 10.0. The van der Waals surface area contributed by atoms with E-state index in [1.165, 1.54) is 0 Å². The summed E-state index contributed by atoms with van der Waals surface area (Å²) in [6.07, 6.45) is 3.73. The smallest absolute Gasteiger partial charge is 0.313 e. The second-order valence-corrected chi connectivity index (χ2v) is 7.00. The van der Waals surface area contributed by atoms with Crippen LogP contribution in [0.15, 0.2) is 24.3 Å². The standard InChI is InChI=1S/C18H24O3/c1-12-7-8-15(9-13(12)2)18(17(19)20)10-14-5-3-4-6-16(14)21-11-18/h3-6,12-13,15H,7-11H2,1-2H3,(H,19,20). The Kier molecular flexibility index (Phi) is 3.68. The van der Waals surface area contributed by atoms with Gasteiger partial charge in [-0.25, -0.2) is 0 Å². The Hall–Kier alpha value is -1.51. The van der Waals surface area contributed by atoms with Crippen LogP contribution >= 0.6 is 0 Å². The molecule has 0 radical (unpaired) electrons. The van der Waals surface area contributed by atoms with Gasteiger partial charge in [-0.1, -0.05) is 38.5 Å². The molecule has 1 N–H and O–H groups in total. The average molecular weight is 288 g/mol. The van der Waals surface area contributed by atoms with Crippen molar-refractivity contribution < 1.29 is 14.6 Å². The predicted octanol–water partition coefficient (Wildman–Crippen LogP) is 3.76. The van der Waals surface area contributed by atoms with Crippen molar-refractivity contribution in [3.63, 3.8) is 0 Å². The van der Waals surface area contributed by atoms with Crippen molar-refractivity contribution in [1.29, 1.82) is 0 Å². The number of rotatable bonds is 2. The van der Waals surface area contributed by atoms with Gasteiger partial charge in [-0.3, -0.25) is 4.79 Å². The van der Waals surface area contributed by atoms with Crippen LogP contribution in [0.2, 0.25) is 0 Å². The maximum Gasteiger partial charge on any atom is 0.313 e. The lowest BCUT2D eigenvalue weighted by Crippen LogP contribution is -2.49. The summed E-state index contributed by atoms with van der Waals surface area (Å²) in [5.41, 5.74) is 0.292. The fourth-order valence-electron chi connectivity index (χ4n) is 4.01. The van der Waals surface area contributed by atoms with E-state index in [1.807, 2.05) is 24.3 Å². The molecule has 2 aliphatic rings. The molecular formula is C18H24O3. The van der Waals surface area contributed by atoms with E-state index in [1.54, 1.807) is 0 Å². The molecule has 0 saturated heterocycles. The molecule has 0 amide bonds. The Morgan fingerprint density at radius 3 is 2.71 bits per heavy atom. The lowest BCUT2D eigenvalue weighted by molar-refractivity contribution is -0.158. The summed E-state index contributed by atoms with van der Waals surface area (Å²) in [4.78, 5) is 12.1. The van der Waals surface area contributed by atoms with Crippen molar-refractivity contribution in [1.82, 2.24) is 0 Å². The zero-order valence-electron chi connectivity index (χ0n) is 12.8. The molecule has 21 heavy (non-hydrogen) atoms. The van der Waals surface area contributed by atoms with Gasteiger partial charge in [0.1, 0.15) is 17.8 Å². The van der Waals surface area contributed by atoms with Gasteiger partial charge in [0.15, 0.2) is 0 Å². The number of benzene rings is 1. The summed E-state index contributed by atoms with van der Waals surface area (Å²) in [6, 6.07) is 7.84. The minimum atomic E-state index is -0.747. The van der Waals surface area contributed by atoms with E-state index in [9.17, 15) is 9.90 Å². The number of aliphatic carboxylic acids is 1. The SMILES string of the molecule is CC1CCC(C2(C(=O)O)COc3ccccc3C2)CC1C. The number of carboxylic acids is 1. The van der Waals surface area contributed by atoms with Crippen LogP contribution < -0.4 is 4.74 Å². The molecule has 114 valence electrons. The van der Waals surface area contributed by atoms with Crippen LogP contribution in [0, 0.1) is 23.2 Å². The molecule has 1 saturated carbocycles. The van der Waals surface area contributed by atoms with Crippen molar-refractivity contribution in [2.24, 2.45) is 23.2 Å². The Bertz CT molecular complexity index is 539. The summed E-state index contributed by atoms with van der Waals surface area (Å²) in [6.45, 7) is 4.84. The highest BCUT2D eigenvalue weighted by molar-refractivity contribution is 5.76. The zero-order valence-corrected chi connectivity index (χ0v) is 12.8. The van der Waals surface area contributed by atoms with Crippen molar-refractivity contribution in [3.8, 4) is 5.75 Å². The molecule has 1 aromatic rings. The number of carbonyl (C=O) groups is 1. The van der Waals surface area contributed by atoms with Gasteiger partial charge in [-0.15, -0.1) is 0 Å². The predicted molar refractivity (Wildman–Crippen MR) is 81.4 cm³/mol. The van der Waals surface area contributed by atoms with Gasteiger partial charge in [0.2, 0.25) is 0 Å². The first kappa shape index (κ1) is 14.4. The van der Waals surface area contributed by atoms with E-state index in [0.29, 0.717) is 24.9 Å². The number of hydrogen-bond donors (Lipinski definition) is 1. The summed E-state index contributed by atoms with van der Waals surface area (Å²) in [7, 11) is 0. The van der Waals surface area contributed by atoms with Crippen molar-refractivity contribution in [2.45, 2.75) is 39.5 Å². The van der Waals surface area contributed by atoms with Gasteiger partial charge in [0.25, 0.3) is 0 Å². The number of fused-ring (bicyclic) bond motifs is 1. The Labute approximate surface area is 126 Å². The highest BCUT2D eigenvalue weighted by Crippen LogP contribution is 2.48. The topological polar surface area (TPSA) is 46.5 Å². The third-order valence-corrected chi connectivity index (χ3v) is 5.77. The van der Waals surface area contributed by atoms with Crippen LogP contribution in [0.1, 0.15) is 38.7 Å². The van der Waals surface area contributed by atoms with Crippen LogP contribution in [-0.4, -0.2) is 17.7 Å². The van der Waals surface area contributed by atoms with Gasteiger partial charge >= 0.3 is 5.97 Å². The third-order valence-electron chi connectivity index (χ3n) is 5.77. The Morgan fingerprint density at radius 1 is 1.24 bits per heavy atom. The molecule has 1 fully saturated rings. The van der Waals surface area contributed by atoms with E-state index in [4.69, 9.17) is 4.74 Å². The largest absolute Gasteiger partial charge is 0.492 e. The van der Waals surface area contributed by atoms with Gasteiger partial charge in [-0.2, -0.15) is 0 Å². The van der Waals surface area contributed by atoms with Gasteiger partial charge in [-0.05, 0) is 48.6 Å². The molecule has 4 unspecified atom stereocenters. The molecule has 0 spiro atoms. The van der Waals surface area contributed by atoms with Crippen LogP contribution in [0.25, 0.3) is 0 Å². The molecule has 0 bridgehead atoms. The Morgan fingerprint density at radius 2 is 2.00 bits per heavy atom. The van der Waals surface area contributed by atoms with E-state index in [0.717, 1.165) is 30.6 Å². The maximum absolute atomic E-state index is 12.1. The quantitative estimate of drug-likeness (QED) is 0.901. The highest BCUT2D eigenvalue weighted by atomic mass is 16.5. The molecule has 3 heteroatoms. The molecule has 0 aromatic heterocycles. The molecule has 1 aliphatic heterocycles. The van der Waals surface area contributed by atoms with E-state index < -0.39 is 11.4 Å². The third kappa shape index (κ3) is 2.43. The van der Waals surface area contributed by atoms with Crippen LogP contribution in [0.3, 0.4) is 0 Å². The van der Waals surface area contributed by atoms with Crippen LogP contribution in [-0.2, 0) is 11.2 Å². The van der Waals surface area contributed by atoms with Crippen LogP contribution in [0.5, 0.6) is 5.75 Å². The summed E-state index contributed by atoms with van der Waals surface area (Å²) < 4.78 is 5.84. The lowest BCUT2D eigenvalue weighted by Gasteiger charge is -2.44. The minimum Gasteiger partial charge on any atom is -0.492 e. The fourth-order valence-corrected chi connectivity index (χ4v) is 4.01. The monoisotopic (exact) mass is 288 g/mol. The normalized spacial score (nSPS) is 35.6. The molecule has 4 atom stereocenters. The van der Waals surface area contributed by atoms with Gasteiger partial charge in [0.05, 0.1) is 0 Å². The molecular weight excluding hydrogens is 264 g/mol. The fraction of sp³-hybridized carbons (Fsp3) is 0.611. The van der Waals surface area contributed by atoms with E-state index in [-0.39, 0.29) is 5.92 Å². The molecule has 1 aliphatic carbocycles. The summed E-state index contributed by atoms with van der Waals surface area (Å²) in [5.74, 6) is 1.67. The molecule has 3 nitrogen and oxygen atoms in total. The first-order valence-corrected chi connectivity index (χ1v) is 7.97. The number of para-hydroxylation sites is 1. The molecule has 1 heterocycles. The lowest BCUT2D eigenvalue weighted by atomic mass is 9.61. The number of ether oxygens (including phenoxy) is 1. The Balaban J connectivity index is 1.90. The van der Waals surface area contributed by atoms with Crippen molar-refractivity contribution in [3.05, 3.63) is 29.8 Å². The maximum atomic E-state index is 12.1. The van der Waals surface area contributed by atoms with Crippen molar-refractivity contribution >= 4 is 5.97 Å². The average Bonchev–Trinajstić information content (AvgIpc) is 2.49. The summed E-state index contributed by atoms with van der Waals surface area (Å²) in [5, 5.41) is 9.94. The van der Waals surface area contributed by atoms with Crippen LogP contribution in [0.4, 0.5) is 0 Å². The second kappa shape index (κ2) is 5.36. The molecule has 3 rings (SSSR count). The second-order valence-electron chi connectivity index (χ2n) is 7.00. The first-order valence-electron chi connectivity index (χ1n) is 7.97. The zero-order chi connectivity index (χ0) is 15.0. The number of carboxylic acid groups (broad SMARTS) is 1. The minimum absolute atomic E-state index is 0.217. The van der Waals surface area contributed by atoms with Crippen molar-refractivity contribution in [2.75, 3.05) is 6.61 Å². The highest BCUT2D eigenvalue weighted by Gasteiger charge is 2.50. The van der Waals surface area contributed by atoms with Gasteiger partial charge in [0, 0.05) is 0 Å². The molecule has 1 aromatic carbocycles. The summed E-state index contributed by atoms with van der Waals surface area (Å²) >= 11 is 0. The van der Waals surface area contributed by atoms with Gasteiger partial charge < -0.3 is 9.84 Å². The van der Waals surface area contributed by atoms with E-state index >= 15 is 0 Å². The van der Waals surface area contributed by atoms with E-state index in [2.05, 4.69) is 13.8 Å². The number of hydrogen-bond acceptors (Lipinski definition) is 2.